The third-order valence-corrected chi connectivity index (χ3v) is 4.48. The van der Waals surface area contributed by atoms with Gasteiger partial charge in [0, 0.05) is 18.9 Å². The fourth-order valence-corrected chi connectivity index (χ4v) is 3.77. The standard InChI is InChI=1S/C15H18O/c1-11-13-9-6-10-14(11)15(13,16-2)12-7-4-3-5-8-12/h3-5,7-8,13-14H,1,6,9-10H2,2H3/t13-,14+,15?. The molecule has 2 fully saturated rings. The number of benzene rings is 1. The Morgan fingerprint density at radius 2 is 1.81 bits per heavy atom. The molecule has 0 spiro atoms. The van der Waals surface area contributed by atoms with Crippen LogP contribution in [0.1, 0.15) is 24.8 Å². The molecule has 0 heterocycles. The van der Waals surface area contributed by atoms with E-state index in [0.717, 1.165) is 0 Å². The third-order valence-electron chi connectivity index (χ3n) is 4.48. The van der Waals surface area contributed by atoms with Gasteiger partial charge in [-0.25, -0.2) is 0 Å². The summed E-state index contributed by atoms with van der Waals surface area (Å²) in [6.45, 7) is 4.23. The molecule has 1 aromatic rings. The normalized spacial score (nSPS) is 36.9. The Labute approximate surface area is 97.1 Å². The average Bonchev–Trinajstić information content (AvgIpc) is 2.38. The quantitative estimate of drug-likeness (QED) is 0.684. The topological polar surface area (TPSA) is 9.23 Å². The van der Waals surface area contributed by atoms with Crippen LogP contribution in [-0.2, 0) is 10.3 Å². The van der Waals surface area contributed by atoms with Crippen LogP contribution in [0.25, 0.3) is 0 Å². The molecule has 1 heteroatoms. The van der Waals surface area contributed by atoms with Crippen LogP contribution in [-0.4, -0.2) is 7.11 Å². The molecule has 0 aromatic heterocycles. The van der Waals surface area contributed by atoms with Crippen molar-refractivity contribution in [1.82, 2.24) is 0 Å². The van der Waals surface area contributed by atoms with Crippen LogP contribution in [0.5, 0.6) is 0 Å². The van der Waals surface area contributed by atoms with Gasteiger partial charge in [-0.1, -0.05) is 48.9 Å². The van der Waals surface area contributed by atoms with Gasteiger partial charge in [0.1, 0.15) is 5.60 Å². The Morgan fingerprint density at radius 3 is 2.31 bits per heavy atom. The molecule has 2 aliphatic rings. The Balaban J connectivity index is 2.06. The van der Waals surface area contributed by atoms with Crippen LogP contribution >= 0.6 is 0 Å². The smallest absolute Gasteiger partial charge is 0.106 e. The zero-order valence-electron chi connectivity index (χ0n) is 9.78. The Bertz CT molecular complexity index is 393. The van der Waals surface area contributed by atoms with E-state index in [1.54, 1.807) is 0 Å². The first-order chi connectivity index (χ1) is 7.80. The molecule has 1 unspecified atom stereocenters. The summed E-state index contributed by atoms with van der Waals surface area (Å²) in [5.41, 5.74) is 2.69. The van der Waals surface area contributed by atoms with Crippen molar-refractivity contribution in [2.75, 3.05) is 7.11 Å². The Kier molecular flexibility index (Phi) is 2.18. The molecule has 0 saturated heterocycles. The number of rotatable bonds is 2. The Hall–Kier alpha value is -1.08. The first-order valence-electron chi connectivity index (χ1n) is 6.10. The van der Waals surface area contributed by atoms with Crippen LogP contribution in [0, 0.1) is 11.8 Å². The first kappa shape index (κ1) is 10.1. The van der Waals surface area contributed by atoms with E-state index in [-0.39, 0.29) is 5.60 Å². The lowest BCUT2D eigenvalue weighted by atomic mass is 9.49. The summed E-state index contributed by atoms with van der Waals surface area (Å²) < 4.78 is 5.94. The monoisotopic (exact) mass is 214 g/mol. The molecule has 0 aliphatic heterocycles. The summed E-state index contributed by atoms with van der Waals surface area (Å²) in [4.78, 5) is 0. The average molecular weight is 214 g/mol. The van der Waals surface area contributed by atoms with E-state index in [4.69, 9.17) is 4.74 Å². The molecule has 1 nitrogen and oxygen atoms in total. The molecule has 3 atom stereocenters. The van der Waals surface area contributed by atoms with Gasteiger partial charge in [0.15, 0.2) is 0 Å². The number of hydrogen-bond acceptors (Lipinski definition) is 1. The number of methoxy groups -OCH3 is 1. The van der Waals surface area contributed by atoms with Crippen molar-refractivity contribution in [1.29, 1.82) is 0 Å². The van der Waals surface area contributed by atoms with Crippen molar-refractivity contribution in [3.63, 3.8) is 0 Å². The minimum absolute atomic E-state index is 0.0589. The lowest BCUT2D eigenvalue weighted by Gasteiger charge is -2.60. The zero-order chi connectivity index (χ0) is 11.2. The maximum absolute atomic E-state index is 5.94. The van der Waals surface area contributed by atoms with Gasteiger partial charge in [-0.2, -0.15) is 0 Å². The summed E-state index contributed by atoms with van der Waals surface area (Å²) >= 11 is 0. The second kappa shape index (κ2) is 3.46. The SMILES string of the molecule is C=C1[C@H]2CCC[C@@H]1C2(OC)c1ccccc1. The molecular formula is C15H18O. The van der Waals surface area contributed by atoms with E-state index < -0.39 is 0 Å². The highest BCUT2D eigenvalue weighted by Gasteiger charge is 2.60. The minimum Gasteiger partial charge on any atom is -0.372 e. The highest BCUT2D eigenvalue weighted by molar-refractivity contribution is 5.40. The van der Waals surface area contributed by atoms with Gasteiger partial charge in [-0.3, -0.25) is 0 Å². The molecular weight excluding hydrogens is 196 g/mol. The summed E-state index contributed by atoms with van der Waals surface area (Å²) in [5, 5.41) is 0. The second-order valence-electron chi connectivity index (χ2n) is 4.97. The highest BCUT2D eigenvalue weighted by atomic mass is 16.5. The maximum Gasteiger partial charge on any atom is 0.106 e. The third kappa shape index (κ3) is 1.04. The van der Waals surface area contributed by atoms with E-state index in [0.29, 0.717) is 11.8 Å². The fourth-order valence-electron chi connectivity index (χ4n) is 3.77. The van der Waals surface area contributed by atoms with Crippen molar-refractivity contribution in [2.24, 2.45) is 11.8 Å². The van der Waals surface area contributed by atoms with Crippen molar-refractivity contribution in [3.8, 4) is 0 Å². The van der Waals surface area contributed by atoms with Gasteiger partial charge in [0.05, 0.1) is 0 Å². The molecule has 0 N–H and O–H groups in total. The molecule has 2 saturated carbocycles. The fraction of sp³-hybridized carbons (Fsp3) is 0.467. The second-order valence-corrected chi connectivity index (χ2v) is 4.97. The van der Waals surface area contributed by atoms with Crippen molar-refractivity contribution >= 4 is 0 Å². The van der Waals surface area contributed by atoms with Gasteiger partial charge in [0.25, 0.3) is 0 Å². The van der Waals surface area contributed by atoms with Crippen molar-refractivity contribution < 1.29 is 4.74 Å². The molecule has 2 aliphatic carbocycles. The molecule has 0 radical (unpaired) electrons. The van der Waals surface area contributed by atoms with Crippen LogP contribution in [0.2, 0.25) is 0 Å². The van der Waals surface area contributed by atoms with E-state index in [1.165, 1.54) is 30.4 Å². The van der Waals surface area contributed by atoms with E-state index >= 15 is 0 Å². The van der Waals surface area contributed by atoms with Gasteiger partial charge in [-0.05, 0) is 18.4 Å². The van der Waals surface area contributed by atoms with E-state index in [1.807, 2.05) is 7.11 Å². The van der Waals surface area contributed by atoms with E-state index in [9.17, 15) is 0 Å². The molecule has 1 aromatic carbocycles. The van der Waals surface area contributed by atoms with Crippen LogP contribution in [0.4, 0.5) is 0 Å². The van der Waals surface area contributed by atoms with Gasteiger partial charge in [-0.15, -0.1) is 0 Å². The first-order valence-corrected chi connectivity index (χ1v) is 6.10. The van der Waals surface area contributed by atoms with Gasteiger partial charge in [0.2, 0.25) is 0 Å². The summed E-state index contributed by atoms with van der Waals surface area (Å²) in [6, 6.07) is 10.7. The van der Waals surface area contributed by atoms with Crippen LogP contribution in [0.15, 0.2) is 42.5 Å². The number of fused-ring (bicyclic) bond motifs is 2. The maximum atomic E-state index is 5.94. The number of ether oxygens (including phenoxy) is 1. The predicted octanol–water partition coefficient (Wildman–Crippen LogP) is 3.51. The van der Waals surface area contributed by atoms with Crippen LogP contribution < -0.4 is 0 Å². The summed E-state index contributed by atoms with van der Waals surface area (Å²) in [6.07, 6.45) is 3.79. The molecule has 3 rings (SSSR count). The Morgan fingerprint density at radius 1 is 1.19 bits per heavy atom. The minimum atomic E-state index is -0.0589. The largest absolute Gasteiger partial charge is 0.372 e. The molecule has 0 amide bonds. The summed E-state index contributed by atoms with van der Waals surface area (Å²) in [5.74, 6) is 1.08. The van der Waals surface area contributed by atoms with Gasteiger partial charge < -0.3 is 4.74 Å². The molecule has 84 valence electrons. The predicted molar refractivity (Wildman–Crippen MR) is 65.1 cm³/mol. The highest BCUT2D eigenvalue weighted by Crippen LogP contribution is 2.63. The van der Waals surface area contributed by atoms with Crippen molar-refractivity contribution in [3.05, 3.63) is 48.0 Å². The lowest BCUT2D eigenvalue weighted by molar-refractivity contribution is -0.161. The van der Waals surface area contributed by atoms with Crippen LogP contribution in [0.3, 0.4) is 0 Å². The summed E-state index contributed by atoms with van der Waals surface area (Å²) in [7, 11) is 1.85. The van der Waals surface area contributed by atoms with Crippen molar-refractivity contribution in [2.45, 2.75) is 24.9 Å². The van der Waals surface area contributed by atoms with E-state index in [2.05, 4.69) is 36.9 Å². The molecule has 2 bridgehead atoms. The van der Waals surface area contributed by atoms with Gasteiger partial charge >= 0.3 is 0 Å². The number of hydrogen-bond donors (Lipinski definition) is 0. The lowest BCUT2D eigenvalue weighted by Crippen LogP contribution is -2.58. The molecule has 16 heavy (non-hydrogen) atoms. The zero-order valence-corrected chi connectivity index (χ0v) is 9.78.